The van der Waals surface area contributed by atoms with Crippen LogP contribution in [0.15, 0.2) is 48.7 Å². The van der Waals surface area contributed by atoms with Gasteiger partial charge in [-0.3, -0.25) is 9.48 Å². The Morgan fingerprint density at radius 1 is 1.13 bits per heavy atom. The van der Waals surface area contributed by atoms with E-state index in [1.165, 1.54) is 22.4 Å². The van der Waals surface area contributed by atoms with E-state index in [0.29, 0.717) is 24.6 Å². The van der Waals surface area contributed by atoms with E-state index in [9.17, 15) is 13.6 Å². The van der Waals surface area contributed by atoms with Crippen molar-refractivity contribution < 1.29 is 18.3 Å². The van der Waals surface area contributed by atoms with Crippen molar-refractivity contribution in [2.45, 2.75) is 19.3 Å². The number of carbonyl (C=O) groups is 1. The number of aryl methyl sites for hydroxylation is 1. The van der Waals surface area contributed by atoms with E-state index in [4.69, 9.17) is 4.74 Å². The van der Waals surface area contributed by atoms with Crippen LogP contribution in [0.2, 0.25) is 0 Å². The van der Waals surface area contributed by atoms with E-state index in [2.05, 4.69) is 17.2 Å². The summed E-state index contributed by atoms with van der Waals surface area (Å²) in [5.74, 6) is -0.223. The highest BCUT2D eigenvalue weighted by Gasteiger charge is 2.28. The lowest BCUT2D eigenvalue weighted by atomic mass is 9.90. The summed E-state index contributed by atoms with van der Waals surface area (Å²) in [6.45, 7) is 1.28. The fraction of sp³-hybridized carbons (Fsp3) is 0.333. The third-order valence-corrected chi connectivity index (χ3v) is 5.83. The molecular weight excluding hydrogens is 400 g/mol. The molecule has 1 saturated heterocycles. The summed E-state index contributed by atoms with van der Waals surface area (Å²) in [7, 11) is 3.34. The number of rotatable bonds is 5. The summed E-state index contributed by atoms with van der Waals surface area (Å²) < 4.78 is 34.3. The van der Waals surface area contributed by atoms with Crippen LogP contribution in [0.4, 0.5) is 8.78 Å². The molecule has 1 amide bonds. The molecule has 1 aromatic heterocycles. The van der Waals surface area contributed by atoms with Crippen molar-refractivity contribution in [1.29, 1.82) is 0 Å². The quantitative estimate of drug-likeness (QED) is 0.606. The van der Waals surface area contributed by atoms with Crippen molar-refractivity contribution >= 4 is 5.91 Å². The minimum absolute atomic E-state index is 0.125. The molecular formula is C24H25F2N3O2. The van der Waals surface area contributed by atoms with E-state index in [1.807, 2.05) is 12.1 Å². The fourth-order valence-electron chi connectivity index (χ4n) is 4.13. The number of amides is 1. The van der Waals surface area contributed by atoms with Crippen LogP contribution in [0, 0.1) is 17.6 Å². The molecule has 1 aliphatic rings. The van der Waals surface area contributed by atoms with Crippen LogP contribution in [0.1, 0.15) is 28.8 Å². The predicted molar refractivity (Wildman–Crippen MR) is 114 cm³/mol. The number of methoxy groups -OCH3 is 1. The Bertz CT molecular complexity index is 1070. The van der Waals surface area contributed by atoms with E-state index < -0.39 is 11.6 Å². The number of aromatic nitrogens is 2. The van der Waals surface area contributed by atoms with Crippen LogP contribution in [0.25, 0.3) is 11.3 Å². The first-order chi connectivity index (χ1) is 14.9. The van der Waals surface area contributed by atoms with Gasteiger partial charge >= 0.3 is 0 Å². The van der Waals surface area contributed by atoms with Crippen LogP contribution in [0.5, 0.6) is 5.75 Å². The van der Waals surface area contributed by atoms with Gasteiger partial charge in [0.05, 0.1) is 12.7 Å². The Hall–Kier alpha value is -3.22. The van der Waals surface area contributed by atoms with Crippen molar-refractivity contribution in [2.75, 3.05) is 20.2 Å². The SMILES string of the molecule is COc1ccc(CC2CCN(C(=O)c3cn(C)nc3-c3ccc(F)cc3F)CC2)cc1. The monoisotopic (exact) mass is 425 g/mol. The van der Waals surface area contributed by atoms with Gasteiger partial charge in [-0.1, -0.05) is 12.1 Å². The number of likely N-dealkylation sites (tertiary alicyclic amines) is 1. The molecule has 162 valence electrons. The van der Waals surface area contributed by atoms with Crippen LogP contribution in [0.3, 0.4) is 0 Å². The van der Waals surface area contributed by atoms with Gasteiger partial charge in [-0.15, -0.1) is 0 Å². The second-order valence-corrected chi connectivity index (χ2v) is 7.98. The first kappa shape index (κ1) is 21.0. The Labute approximate surface area is 180 Å². The Kier molecular flexibility index (Phi) is 6.02. The molecule has 31 heavy (non-hydrogen) atoms. The average Bonchev–Trinajstić information content (AvgIpc) is 3.15. The Balaban J connectivity index is 1.44. The minimum atomic E-state index is -0.731. The molecule has 0 bridgehead atoms. The van der Waals surface area contributed by atoms with Crippen LogP contribution < -0.4 is 4.74 Å². The van der Waals surface area contributed by atoms with Gasteiger partial charge in [0.2, 0.25) is 0 Å². The summed E-state index contributed by atoms with van der Waals surface area (Å²) >= 11 is 0. The zero-order valence-corrected chi connectivity index (χ0v) is 17.6. The summed E-state index contributed by atoms with van der Waals surface area (Å²) in [4.78, 5) is 15.0. The zero-order valence-electron chi connectivity index (χ0n) is 17.6. The number of halogens is 2. The molecule has 0 aliphatic carbocycles. The third kappa shape index (κ3) is 4.60. The topological polar surface area (TPSA) is 47.4 Å². The highest BCUT2D eigenvalue weighted by molar-refractivity contribution is 5.99. The maximum absolute atomic E-state index is 14.3. The highest BCUT2D eigenvalue weighted by atomic mass is 19.1. The number of hydrogen-bond acceptors (Lipinski definition) is 3. The van der Waals surface area contributed by atoms with E-state index >= 15 is 0 Å². The van der Waals surface area contributed by atoms with Crippen molar-refractivity contribution in [3.05, 3.63) is 71.4 Å². The zero-order chi connectivity index (χ0) is 22.0. The maximum atomic E-state index is 14.3. The molecule has 0 N–H and O–H groups in total. The number of ether oxygens (including phenoxy) is 1. The van der Waals surface area contributed by atoms with Gasteiger partial charge in [-0.25, -0.2) is 8.78 Å². The first-order valence-corrected chi connectivity index (χ1v) is 10.4. The van der Waals surface area contributed by atoms with E-state index in [0.717, 1.165) is 31.1 Å². The molecule has 0 atom stereocenters. The summed E-state index contributed by atoms with van der Waals surface area (Å²) in [6.07, 6.45) is 4.37. The standard InChI is InChI=1S/C24H25F2N3O2/c1-28-15-21(23(27-28)20-8-5-18(25)14-22(20)26)24(30)29-11-9-17(10-12-29)13-16-3-6-19(31-2)7-4-16/h3-8,14-15,17H,9-13H2,1-2H3. The van der Waals surface area contributed by atoms with Gasteiger partial charge in [0, 0.05) is 38.0 Å². The van der Waals surface area contributed by atoms with Crippen LogP contribution >= 0.6 is 0 Å². The molecule has 0 unspecified atom stereocenters. The maximum Gasteiger partial charge on any atom is 0.257 e. The van der Waals surface area contributed by atoms with Crippen LogP contribution in [-0.2, 0) is 13.5 Å². The molecule has 1 fully saturated rings. The van der Waals surface area contributed by atoms with Gasteiger partial charge in [0.15, 0.2) is 0 Å². The fourth-order valence-corrected chi connectivity index (χ4v) is 4.13. The second-order valence-electron chi connectivity index (χ2n) is 7.98. The molecule has 3 aromatic rings. The van der Waals surface area contributed by atoms with Crippen molar-refractivity contribution in [3.8, 4) is 17.0 Å². The molecule has 0 radical (unpaired) electrons. The molecule has 4 rings (SSSR count). The second kappa shape index (κ2) is 8.88. The number of carbonyl (C=O) groups excluding carboxylic acids is 1. The van der Waals surface area contributed by atoms with Gasteiger partial charge in [-0.2, -0.15) is 5.10 Å². The van der Waals surface area contributed by atoms with Crippen LogP contribution in [-0.4, -0.2) is 40.8 Å². The molecule has 0 spiro atoms. The lowest BCUT2D eigenvalue weighted by Crippen LogP contribution is -2.39. The van der Waals surface area contributed by atoms with E-state index in [-0.39, 0.29) is 17.2 Å². The summed E-state index contributed by atoms with van der Waals surface area (Å²) in [6, 6.07) is 11.4. The average molecular weight is 425 g/mol. The summed E-state index contributed by atoms with van der Waals surface area (Å²) in [5, 5.41) is 4.27. The van der Waals surface area contributed by atoms with Gasteiger partial charge in [0.25, 0.3) is 5.91 Å². The number of benzene rings is 2. The lowest BCUT2D eigenvalue weighted by molar-refractivity contribution is 0.0691. The third-order valence-electron chi connectivity index (χ3n) is 5.83. The number of nitrogens with zero attached hydrogens (tertiary/aromatic N) is 3. The summed E-state index contributed by atoms with van der Waals surface area (Å²) in [5.41, 5.74) is 1.96. The molecule has 7 heteroatoms. The first-order valence-electron chi connectivity index (χ1n) is 10.4. The smallest absolute Gasteiger partial charge is 0.257 e. The van der Waals surface area contributed by atoms with E-state index in [1.54, 1.807) is 25.3 Å². The molecule has 2 heterocycles. The van der Waals surface area contributed by atoms with Crippen molar-refractivity contribution in [3.63, 3.8) is 0 Å². The molecule has 2 aromatic carbocycles. The minimum Gasteiger partial charge on any atom is -0.497 e. The lowest BCUT2D eigenvalue weighted by Gasteiger charge is -2.32. The number of piperidine rings is 1. The van der Waals surface area contributed by atoms with Crippen molar-refractivity contribution in [2.24, 2.45) is 13.0 Å². The van der Waals surface area contributed by atoms with Gasteiger partial charge < -0.3 is 9.64 Å². The largest absolute Gasteiger partial charge is 0.497 e. The molecule has 5 nitrogen and oxygen atoms in total. The predicted octanol–water partition coefficient (Wildman–Crippen LogP) is 4.47. The normalized spacial score (nSPS) is 14.6. The Morgan fingerprint density at radius 3 is 2.48 bits per heavy atom. The van der Waals surface area contributed by atoms with Crippen molar-refractivity contribution in [1.82, 2.24) is 14.7 Å². The molecule has 1 aliphatic heterocycles. The molecule has 0 saturated carbocycles. The Morgan fingerprint density at radius 2 is 1.84 bits per heavy atom. The van der Waals surface area contributed by atoms with Gasteiger partial charge in [0.1, 0.15) is 23.1 Å². The van der Waals surface area contributed by atoms with Gasteiger partial charge in [-0.05, 0) is 55.0 Å². The number of hydrogen-bond donors (Lipinski definition) is 0. The highest BCUT2D eigenvalue weighted by Crippen LogP contribution is 2.29.